The summed E-state index contributed by atoms with van der Waals surface area (Å²) in [4.78, 5) is 0. The largest absolute Gasteiger partial charge is 0.118 e. The van der Waals surface area contributed by atoms with E-state index in [1.807, 2.05) is 6.92 Å². The van der Waals surface area contributed by atoms with E-state index in [4.69, 9.17) is 11.6 Å². The van der Waals surface area contributed by atoms with Crippen LogP contribution >= 0.6 is 11.6 Å². The van der Waals surface area contributed by atoms with Gasteiger partial charge < -0.3 is 0 Å². The van der Waals surface area contributed by atoms with E-state index in [9.17, 15) is 0 Å². The first-order chi connectivity index (χ1) is 8.75. The van der Waals surface area contributed by atoms with Crippen LogP contribution in [0.5, 0.6) is 0 Å². The first-order valence-corrected chi connectivity index (χ1v) is 6.98. The molecule has 0 aliphatic heterocycles. The molecule has 2 aromatic carbocycles. The predicted molar refractivity (Wildman–Crippen MR) is 77.3 cm³/mol. The molecule has 0 saturated heterocycles. The summed E-state index contributed by atoms with van der Waals surface area (Å²) in [6, 6.07) is 19.6. The highest BCUT2D eigenvalue weighted by molar-refractivity contribution is 6.20. The summed E-state index contributed by atoms with van der Waals surface area (Å²) in [6.45, 7) is 2.01. The molecule has 1 heteroatoms. The first kappa shape index (κ1) is 11.8. The molecule has 0 N–H and O–H groups in total. The number of rotatable bonds is 3. The molecule has 0 bridgehead atoms. The molecule has 0 radical (unpaired) electrons. The van der Waals surface area contributed by atoms with Crippen molar-refractivity contribution in [3.8, 4) is 0 Å². The highest BCUT2D eigenvalue weighted by atomic mass is 35.5. The minimum atomic E-state index is 0.100. The van der Waals surface area contributed by atoms with Gasteiger partial charge in [-0.25, -0.2) is 0 Å². The standard InChI is InChI=1S/C17H17Cl/c1-12(18)13-7-9-15(10-8-13)17-11-16(17)14-5-3-2-4-6-14/h2-10,12,16-17H,11H2,1H3/t12?,16-,17+/m0/s1. The molecule has 0 heterocycles. The highest BCUT2D eigenvalue weighted by Gasteiger charge is 2.39. The van der Waals surface area contributed by atoms with Crippen molar-refractivity contribution in [3.05, 3.63) is 71.3 Å². The Hall–Kier alpha value is -1.27. The second kappa shape index (κ2) is 4.78. The Morgan fingerprint density at radius 3 is 2.00 bits per heavy atom. The molecule has 3 rings (SSSR count). The van der Waals surface area contributed by atoms with E-state index in [0.29, 0.717) is 11.8 Å². The van der Waals surface area contributed by atoms with Gasteiger partial charge in [-0.1, -0.05) is 54.6 Å². The smallest absolute Gasteiger partial charge is 0.0557 e. The molecule has 3 atom stereocenters. The molecular weight excluding hydrogens is 240 g/mol. The maximum atomic E-state index is 6.08. The van der Waals surface area contributed by atoms with Gasteiger partial charge in [-0.2, -0.15) is 0 Å². The van der Waals surface area contributed by atoms with Crippen LogP contribution in [-0.4, -0.2) is 0 Å². The molecule has 1 saturated carbocycles. The van der Waals surface area contributed by atoms with Crippen LogP contribution in [0.3, 0.4) is 0 Å². The average molecular weight is 257 g/mol. The summed E-state index contributed by atoms with van der Waals surface area (Å²) in [5.41, 5.74) is 4.12. The number of alkyl halides is 1. The van der Waals surface area contributed by atoms with Crippen LogP contribution in [0.2, 0.25) is 0 Å². The van der Waals surface area contributed by atoms with Gasteiger partial charge in [0.25, 0.3) is 0 Å². The Balaban J connectivity index is 1.75. The van der Waals surface area contributed by atoms with Crippen molar-refractivity contribution >= 4 is 11.6 Å². The van der Waals surface area contributed by atoms with Crippen molar-refractivity contribution < 1.29 is 0 Å². The lowest BCUT2D eigenvalue weighted by atomic mass is 10.0. The molecule has 1 unspecified atom stereocenters. The fourth-order valence-corrected chi connectivity index (χ4v) is 2.79. The van der Waals surface area contributed by atoms with Gasteiger partial charge in [0.15, 0.2) is 0 Å². The zero-order valence-electron chi connectivity index (χ0n) is 10.5. The van der Waals surface area contributed by atoms with E-state index in [1.54, 1.807) is 0 Å². The van der Waals surface area contributed by atoms with Gasteiger partial charge in [0.2, 0.25) is 0 Å². The summed E-state index contributed by atoms with van der Waals surface area (Å²) < 4.78 is 0. The third-order valence-corrected chi connectivity index (χ3v) is 4.09. The highest BCUT2D eigenvalue weighted by Crippen LogP contribution is 2.54. The molecular formula is C17H17Cl. The predicted octanol–water partition coefficient (Wildman–Crippen LogP) is 5.26. The molecule has 1 aliphatic carbocycles. The van der Waals surface area contributed by atoms with Crippen LogP contribution in [0.4, 0.5) is 0 Å². The number of halogens is 1. The van der Waals surface area contributed by atoms with Gasteiger partial charge in [-0.15, -0.1) is 11.6 Å². The fourth-order valence-electron chi connectivity index (χ4n) is 2.64. The SMILES string of the molecule is CC(Cl)c1ccc([C@H]2C[C@H]2c2ccccc2)cc1. The maximum Gasteiger partial charge on any atom is 0.0557 e. The summed E-state index contributed by atoms with van der Waals surface area (Å²) >= 11 is 6.08. The average Bonchev–Trinajstić information content (AvgIpc) is 3.20. The molecule has 0 aromatic heterocycles. The van der Waals surface area contributed by atoms with Crippen molar-refractivity contribution in [1.82, 2.24) is 0 Å². The van der Waals surface area contributed by atoms with Crippen LogP contribution in [-0.2, 0) is 0 Å². The quantitative estimate of drug-likeness (QED) is 0.658. The molecule has 1 aliphatic rings. The van der Waals surface area contributed by atoms with Crippen molar-refractivity contribution in [2.45, 2.75) is 30.6 Å². The van der Waals surface area contributed by atoms with Gasteiger partial charge in [-0.05, 0) is 41.9 Å². The van der Waals surface area contributed by atoms with E-state index < -0.39 is 0 Å². The Labute approximate surface area is 114 Å². The summed E-state index contributed by atoms with van der Waals surface area (Å²) in [5.74, 6) is 1.41. The minimum Gasteiger partial charge on any atom is -0.118 e. The maximum absolute atomic E-state index is 6.08. The third kappa shape index (κ3) is 2.30. The number of benzene rings is 2. The van der Waals surface area contributed by atoms with E-state index >= 15 is 0 Å². The molecule has 0 nitrogen and oxygen atoms in total. The second-order valence-corrected chi connectivity index (χ2v) is 5.80. The van der Waals surface area contributed by atoms with Crippen molar-refractivity contribution in [2.24, 2.45) is 0 Å². The zero-order valence-corrected chi connectivity index (χ0v) is 11.3. The van der Waals surface area contributed by atoms with Crippen molar-refractivity contribution in [1.29, 1.82) is 0 Å². The zero-order chi connectivity index (χ0) is 12.5. The first-order valence-electron chi connectivity index (χ1n) is 6.54. The van der Waals surface area contributed by atoms with Gasteiger partial charge in [0, 0.05) is 0 Å². The molecule has 92 valence electrons. The van der Waals surface area contributed by atoms with Crippen LogP contribution < -0.4 is 0 Å². The molecule has 18 heavy (non-hydrogen) atoms. The number of hydrogen-bond acceptors (Lipinski definition) is 0. The van der Waals surface area contributed by atoms with Gasteiger partial charge in [0.1, 0.15) is 0 Å². The molecule has 1 fully saturated rings. The Kier molecular flexibility index (Phi) is 3.13. The lowest BCUT2D eigenvalue weighted by Crippen LogP contribution is -1.87. The fraction of sp³-hybridized carbons (Fsp3) is 0.294. The van der Waals surface area contributed by atoms with E-state index in [-0.39, 0.29) is 5.38 Å². The van der Waals surface area contributed by atoms with Crippen molar-refractivity contribution in [2.75, 3.05) is 0 Å². The van der Waals surface area contributed by atoms with Crippen LogP contribution in [0.15, 0.2) is 54.6 Å². The monoisotopic (exact) mass is 256 g/mol. The summed E-state index contributed by atoms with van der Waals surface area (Å²) in [7, 11) is 0. The van der Waals surface area contributed by atoms with E-state index in [2.05, 4.69) is 54.6 Å². The lowest BCUT2D eigenvalue weighted by Gasteiger charge is -2.05. The molecule has 2 aromatic rings. The van der Waals surface area contributed by atoms with E-state index in [0.717, 1.165) is 0 Å². The Morgan fingerprint density at radius 1 is 0.889 bits per heavy atom. The lowest BCUT2D eigenvalue weighted by molar-refractivity contribution is 1.02. The topological polar surface area (TPSA) is 0 Å². The van der Waals surface area contributed by atoms with Crippen molar-refractivity contribution in [3.63, 3.8) is 0 Å². The third-order valence-electron chi connectivity index (χ3n) is 3.84. The normalized spacial score (nSPS) is 23.7. The summed E-state index contributed by atoms with van der Waals surface area (Å²) in [5, 5.41) is 0.100. The Morgan fingerprint density at radius 2 is 1.44 bits per heavy atom. The van der Waals surface area contributed by atoms with Crippen LogP contribution in [0.25, 0.3) is 0 Å². The van der Waals surface area contributed by atoms with Gasteiger partial charge >= 0.3 is 0 Å². The van der Waals surface area contributed by atoms with Gasteiger partial charge in [0.05, 0.1) is 5.38 Å². The molecule has 0 spiro atoms. The van der Waals surface area contributed by atoms with Gasteiger partial charge in [-0.3, -0.25) is 0 Å². The number of hydrogen-bond donors (Lipinski definition) is 0. The Bertz CT molecular complexity index is 513. The van der Waals surface area contributed by atoms with E-state index in [1.165, 1.54) is 23.1 Å². The summed E-state index contributed by atoms with van der Waals surface area (Å²) in [6.07, 6.45) is 1.28. The van der Waals surface area contributed by atoms with Crippen LogP contribution in [0.1, 0.15) is 47.2 Å². The van der Waals surface area contributed by atoms with Crippen LogP contribution in [0, 0.1) is 0 Å². The molecule has 0 amide bonds. The minimum absolute atomic E-state index is 0.100. The second-order valence-electron chi connectivity index (χ2n) is 5.14.